The van der Waals surface area contributed by atoms with E-state index >= 15 is 0 Å². The molecule has 3 unspecified atom stereocenters. The van der Waals surface area contributed by atoms with Crippen LogP contribution in [0.15, 0.2) is 156 Å². The van der Waals surface area contributed by atoms with Crippen LogP contribution in [0.1, 0.15) is 46.1 Å². The predicted molar refractivity (Wildman–Crippen MR) is 179 cm³/mol. The van der Waals surface area contributed by atoms with E-state index in [9.17, 15) is 0 Å². The molecule has 0 fully saturated rings. The van der Waals surface area contributed by atoms with Gasteiger partial charge >= 0.3 is 0 Å². The van der Waals surface area contributed by atoms with Gasteiger partial charge in [-0.05, 0) is 35.4 Å². The first-order chi connectivity index (χ1) is 21.8. The maximum absolute atomic E-state index is 5.34. The zero-order chi connectivity index (χ0) is 29.0. The second kappa shape index (κ2) is 9.96. The topological polar surface area (TPSA) is 44.9 Å². The highest BCUT2D eigenvalue weighted by molar-refractivity contribution is 6.13. The van der Waals surface area contributed by atoms with Crippen molar-refractivity contribution < 1.29 is 0 Å². The van der Waals surface area contributed by atoms with Crippen LogP contribution in [0.4, 0.5) is 5.69 Å². The number of anilines is 1. The summed E-state index contributed by atoms with van der Waals surface area (Å²) in [6.07, 6.45) is 4.43. The van der Waals surface area contributed by atoms with E-state index in [0.717, 1.165) is 28.3 Å². The third kappa shape index (κ3) is 3.79. The lowest BCUT2D eigenvalue weighted by atomic mass is 9.86. The Morgan fingerprint density at radius 1 is 0.659 bits per heavy atom. The van der Waals surface area contributed by atoms with Crippen LogP contribution < -0.4 is 10.2 Å². The van der Waals surface area contributed by atoms with Crippen molar-refractivity contribution in [3.05, 3.63) is 174 Å². The molecule has 0 bridgehead atoms. The van der Waals surface area contributed by atoms with Crippen LogP contribution in [0.25, 0.3) is 22.7 Å². The van der Waals surface area contributed by atoms with Crippen molar-refractivity contribution in [2.45, 2.75) is 18.1 Å². The van der Waals surface area contributed by atoms with Gasteiger partial charge in [-0.2, -0.15) is 4.99 Å². The van der Waals surface area contributed by atoms with Crippen LogP contribution in [0, 0.1) is 0 Å². The molecule has 2 aliphatic heterocycles. The SMILES string of the molecule is C1=CC2c3ccccc3N(C3=NC(c4ccccc4)NC(c4ccccc4)=N3)C2c2c1c1ccccc1n2-c1ccccc1. The average molecular weight is 568 g/mol. The maximum Gasteiger partial charge on any atom is 0.230 e. The smallest absolute Gasteiger partial charge is 0.230 e. The number of para-hydroxylation sites is 3. The lowest BCUT2D eigenvalue weighted by molar-refractivity contribution is 0.625. The number of hydrogen-bond donors (Lipinski definition) is 1. The number of benzene rings is 5. The van der Waals surface area contributed by atoms with Crippen LogP contribution in [0.5, 0.6) is 0 Å². The number of fused-ring (bicyclic) bond motifs is 7. The molecule has 1 N–H and O–H groups in total. The van der Waals surface area contributed by atoms with E-state index in [4.69, 9.17) is 9.98 Å². The van der Waals surface area contributed by atoms with Crippen molar-refractivity contribution >= 4 is 34.5 Å². The molecule has 3 heterocycles. The van der Waals surface area contributed by atoms with Crippen LogP contribution in [-0.4, -0.2) is 16.4 Å². The summed E-state index contributed by atoms with van der Waals surface area (Å²) in [6, 6.07) is 49.0. The Labute approximate surface area is 256 Å². The molecule has 3 atom stereocenters. The largest absolute Gasteiger partial charge is 0.344 e. The third-order valence-electron chi connectivity index (χ3n) is 9.00. The zero-order valence-corrected chi connectivity index (χ0v) is 24.0. The number of amidine groups is 1. The Balaban J connectivity index is 1.30. The van der Waals surface area contributed by atoms with Gasteiger partial charge in [-0.1, -0.05) is 127 Å². The highest BCUT2D eigenvalue weighted by atomic mass is 15.4. The van der Waals surface area contributed by atoms with E-state index in [1.807, 2.05) is 12.1 Å². The molecule has 5 nitrogen and oxygen atoms in total. The first kappa shape index (κ1) is 24.9. The molecule has 0 spiro atoms. The summed E-state index contributed by atoms with van der Waals surface area (Å²) in [6.45, 7) is 0. The Morgan fingerprint density at radius 2 is 1.34 bits per heavy atom. The van der Waals surface area contributed by atoms with Gasteiger partial charge in [0.25, 0.3) is 0 Å². The fourth-order valence-corrected chi connectivity index (χ4v) is 7.10. The summed E-state index contributed by atoms with van der Waals surface area (Å²) in [4.78, 5) is 13.0. The maximum atomic E-state index is 5.34. The van der Waals surface area contributed by atoms with Crippen LogP contribution in [0.2, 0.25) is 0 Å². The third-order valence-corrected chi connectivity index (χ3v) is 9.00. The molecule has 5 aromatic carbocycles. The summed E-state index contributed by atoms with van der Waals surface area (Å²) < 4.78 is 2.45. The minimum absolute atomic E-state index is 0.0333. The molecule has 0 amide bonds. The van der Waals surface area contributed by atoms with Gasteiger partial charge in [0.05, 0.1) is 17.3 Å². The van der Waals surface area contributed by atoms with Crippen molar-refractivity contribution in [1.82, 2.24) is 9.88 Å². The monoisotopic (exact) mass is 567 g/mol. The van der Waals surface area contributed by atoms with Gasteiger partial charge < -0.3 is 14.8 Å². The molecule has 0 saturated carbocycles. The molecular weight excluding hydrogens is 538 g/mol. The molecule has 5 heteroatoms. The van der Waals surface area contributed by atoms with Crippen LogP contribution in [0.3, 0.4) is 0 Å². The number of aliphatic imine (C=N–C) groups is 2. The van der Waals surface area contributed by atoms with E-state index in [1.165, 1.54) is 27.7 Å². The average Bonchev–Trinajstić information content (AvgIpc) is 3.62. The summed E-state index contributed by atoms with van der Waals surface area (Å²) in [7, 11) is 0. The normalized spacial score (nSPS) is 19.9. The molecule has 9 rings (SSSR count). The van der Waals surface area contributed by atoms with Gasteiger partial charge in [-0.15, -0.1) is 0 Å². The molecule has 44 heavy (non-hydrogen) atoms. The fourth-order valence-electron chi connectivity index (χ4n) is 7.10. The fraction of sp³-hybridized carbons (Fsp3) is 0.0769. The van der Waals surface area contributed by atoms with Crippen molar-refractivity contribution in [3.8, 4) is 5.69 Å². The molecule has 1 aromatic heterocycles. The highest BCUT2D eigenvalue weighted by Gasteiger charge is 2.46. The zero-order valence-electron chi connectivity index (χ0n) is 24.0. The molecule has 3 aliphatic rings. The molecule has 210 valence electrons. The van der Waals surface area contributed by atoms with Crippen molar-refractivity contribution in [2.75, 3.05) is 4.90 Å². The Hall–Kier alpha value is -5.68. The number of guanidine groups is 1. The van der Waals surface area contributed by atoms with Crippen molar-refractivity contribution in [1.29, 1.82) is 0 Å². The van der Waals surface area contributed by atoms with E-state index in [-0.39, 0.29) is 18.1 Å². The summed E-state index contributed by atoms with van der Waals surface area (Å²) in [5.41, 5.74) is 9.43. The first-order valence-corrected chi connectivity index (χ1v) is 15.1. The molecule has 0 radical (unpaired) electrons. The molecule has 1 aliphatic carbocycles. The van der Waals surface area contributed by atoms with Gasteiger partial charge in [0.2, 0.25) is 5.96 Å². The summed E-state index contributed by atoms with van der Waals surface area (Å²) >= 11 is 0. The van der Waals surface area contributed by atoms with Gasteiger partial charge in [-0.3, -0.25) is 0 Å². The number of rotatable bonds is 3. The minimum atomic E-state index is -0.274. The number of nitrogens with zero attached hydrogens (tertiary/aromatic N) is 4. The molecule has 6 aromatic rings. The number of hydrogen-bond acceptors (Lipinski definition) is 4. The van der Waals surface area contributed by atoms with E-state index in [0.29, 0.717) is 5.96 Å². The van der Waals surface area contributed by atoms with E-state index in [1.54, 1.807) is 0 Å². The quantitative estimate of drug-likeness (QED) is 0.233. The van der Waals surface area contributed by atoms with Gasteiger partial charge in [0.1, 0.15) is 12.0 Å². The van der Waals surface area contributed by atoms with Crippen LogP contribution >= 0.6 is 0 Å². The Morgan fingerprint density at radius 3 is 2.16 bits per heavy atom. The van der Waals surface area contributed by atoms with Crippen molar-refractivity contribution in [3.63, 3.8) is 0 Å². The summed E-state index contributed by atoms with van der Waals surface area (Å²) in [5, 5.41) is 4.88. The van der Waals surface area contributed by atoms with E-state index < -0.39 is 0 Å². The second-order valence-electron chi connectivity index (χ2n) is 11.5. The first-order valence-electron chi connectivity index (χ1n) is 15.1. The number of nitrogens with one attached hydrogen (secondary N) is 1. The van der Waals surface area contributed by atoms with Gasteiger partial charge in [-0.25, -0.2) is 4.99 Å². The van der Waals surface area contributed by atoms with Gasteiger partial charge in [0, 0.05) is 33.8 Å². The Kier molecular flexibility index (Phi) is 5.63. The van der Waals surface area contributed by atoms with Crippen LogP contribution in [-0.2, 0) is 0 Å². The standard InChI is InChI=1S/C39H29N5/c1-4-14-26(15-5-1)37-40-38(27-16-6-2-7-17-27)42-39(41-37)44-34-23-13-11-21-30(34)32-25-24-31-29-20-10-12-22-33(29)43(35(31)36(32)44)28-18-8-3-9-19-28/h1-25,32,36-37H,(H,40,41,42). The van der Waals surface area contributed by atoms with Gasteiger partial charge in [0.15, 0.2) is 0 Å². The Bertz CT molecular complexity index is 2110. The van der Waals surface area contributed by atoms with E-state index in [2.05, 4.69) is 154 Å². The molecular formula is C39H29N5. The summed E-state index contributed by atoms with van der Waals surface area (Å²) in [5.74, 6) is 1.68. The predicted octanol–water partition coefficient (Wildman–Crippen LogP) is 8.41. The lowest BCUT2D eigenvalue weighted by Crippen LogP contribution is -2.41. The highest BCUT2D eigenvalue weighted by Crippen LogP contribution is 2.55. The molecule has 0 saturated heterocycles. The second-order valence-corrected chi connectivity index (χ2v) is 11.5. The minimum Gasteiger partial charge on any atom is -0.344 e. The lowest BCUT2D eigenvalue weighted by Gasteiger charge is -2.35. The number of aromatic nitrogens is 1. The van der Waals surface area contributed by atoms with Crippen molar-refractivity contribution in [2.24, 2.45) is 9.98 Å².